The van der Waals surface area contributed by atoms with Crippen LogP contribution in [-0.4, -0.2) is 75.8 Å². The molecule has 0 aromatic heterocycles. The van der Waals surface area contributed by atoms with Crippen LogP contribution in [0.2, 0.25) is 0 Å². The number of nitrogens with zero attached hydrogens (tertiary/aromatic N) is 2. The van der Waals surface area contributed by atoms with Gasteiger partial charge in [-0.25, -0.2) is 0 Å². The highest BCUT2D eigenvalue weighted by Gasteiger charge is 2.15. The van der Waals surface area contributed by atoms with Gasteiger partial charge in [0.15, 0.2) is 5.96 Å². The summed E-state index contributed by atoms with van der Waals surface area (Å²) in [7, 11) is 1.76. The number of morpholine rings is 1. The van der Waals surface area contributed by atoms with E-state index < -0.39 is 0 Å². The van der Waals surface area contributed by atoms with Crippen LogP contribution in [0.5, 0.6) is 0 Å². The van der Waals surface area contributed by atoms with Crippen LogP contribution in [0.1, 0.15) is 38.5 Å². The summed E-state index contributed by atoms with van der Waals surface area (Å²) < 4.78 is 5.34. The fourth-order valence-corrected chi connectivity index (χ4v) is 3.22. The van der Waals surface area contributed by atoms with Crippen molar-refractivity contribution in [1.29, 1.82) is 0 Å². The van der Waals surface area contributed by atoms with Gasteiger partial charge in [-0.05, 0) is 12.8 Å². The monoisotopic (exact) mass is 339 g/mol. The van der Waals surface area contributed by atoms with Gasteiger partial charge < -0.3 is 20.7 Å². The molecule has 1 heterocycles. The molecular formula is C17H33N5O2. The van der Waals surface area contributed by atoms with Gasteiger partial charge in [0.05, 0.1) is 13.2 Å². The average Bonchev–Trinajstić information content (AvgIpc) is 2.62. The number of hydrogen-bond acceptors (Lipinski definition) is 4. The predicted molar refractivity (Wildman–Crippen MR) is 96.3 cm³/mol. The van der Waals surface area contributed by atoms with Gasteiger partial charge in [0.1, 0.15) is 0 Å². The number of rotatable bonds is 7. The molecule has 7 nitrogen and oxygen atoms in total. The fraction of sp³-hybridized carbons (Fsp3) is 0.882. The van der Waals surface area contributed by atoms with Crippen molar-refractivity contribution in [3.63, 3.8) is 0 Å². The van der Waals surface area contributed by atoms with Crippen LogP contribution in [-0.2, 0) is 9.53 Å². The van der Waals surface area contributed by atoms with E-state index in [1.807, 2.05) is 0 Å². The zero-order valence-electron chi connectivity index (χ0n) is 15.0. The van der Waals surface area contributed by atoms with Gasteiger partial charge in [0.25, 0.3) is 0 Å². The molecule has 1 amide bonds. The lowest BCUT2D eigenvalue weighted by Gasteiger charge is -2.26. The second-order valence-electron chi connectivity index (χ2n) is 6.53. The lowest BCUT2D eigenvalue weighted by atomic mass is 9.95. The molecule has 0 radical (unpaired) electrons. The van der Waals surface area contributed by atoms with Gasteiger partial charge in [-0.2, -0.15) is 0 Å². The highest BCUT2D eigenvalue weighted by Crippen LogP contribution is 2.17. The van der Waals surface area contributed by atoms with E-state index in [-0.39, 0.29) is 5.91 Å². The molecule has 2 rings (SSSR count). The third-order valence-corrected chi connectivity index (χ3v) is 4.66. The SMILES string of the molecule is CN=C(NCCC(=O)NC1CCCCC1)NCCN1CCOCC1. The second kappa shape index (κ2) is 11.3. The molecule has 138 valence electrons. The van der Waals surface area contributed by atoms with Crippen molar-refractivity contribution in [2.75, 3.05) is 53.0 Å². The van der Waals surface area contributed by atoms with Gasteiger partial charge in [-0.1, -0.05) is 19.3 Å². The number of hydrogen-bond donors (Lipinski definition) is 3. The number of amides is 1. The number of guanidine groups is 1. The van der Waals surface area contributed by atoms with Crippen LogP contribution < -0.4 is 16.0 Å². The number of carbonyl (C=O) groups is 1. The quantitative estimate of drug-likeness (QED) is 0.460. The largest absolute Gasteiger partial charge is 0.379 e. The van der Waals surface area contributed by atoms with E-state index in [9.17, 15) is 4.79 Å². The normalized spacial score (nSPS) is 20.6. The fourth-order valence-electron chi connectivity index (χ4n) is 3.22. The maximum Gasteiger partial charge on any atom is 0.221 e. The molecule has 1 saturated heterocycles. The summed E-state index contributed by atoms with van der Waals surface area (Å²) in [5.74, 6) is 0.895. The average molecular weight is 339 g/mol. The lowest BCUT2D eigenvalue weighted by molar-refractivity contribution is -0.121. The minimum atomic E-state index is 0.137. The number of aliphatic imine (C=N–C) groups is 1. The summed E-state index contributed by atoms with van der Waals surface area (Å²) in [6, 6.07) is 0.386. The van der Waals surface area contributed by atoms with Crippen molar-refractivity contribution >= 4 is 11.9 Å². The summed E-state index contributed by atoms with van der Waals surface area (Å²) in [4.78, 5) is 18.6. The minimum Gasteiger partial charge on any atom is -0.379 e. The molecule has 0 spiro atoms. The molecule has 1 aliphatic carbocycles. The second-order valence-corrected chi connectivity index (χ2v) is 6.53. The molecule has 0 aromatic rings. The molecule has 2 aliphatic rings. The number of ether oxygens (including phenoxy) is 1. The van der Waals surface area contributed by atoms with Crippen molar-refractivity contribution in [3.8, 4) is 0 Å². The topological polar surface area (TPSA) is 78.0 Å². The molecule has 0 atom stereocenters. The van der Waals surface area contributed by atoms with Crippen molar-refractivity contribution in [2.45, 2.75) is 44.6 Å². The van der Waals surface area contributed by atoms with Gasteiger partial charge in [0.2, 0.25) is 5.91 Å². The van der Waals surface area contributed by atoms with Crippen LogP contribution in [0.15, 0.2) is 4.99 Å². The van der Waals surface area contributed by atoms with Crippen LogP contribution in [0.25, 0.3) is 0 Å². The Labute approximate surface area is 145 Å². The molecule has 1 saturated carbocycles. The summed E-state index contributed by atoms with van der Waals surface area (Å²) in [5, 5.41) is 9.65. The predicted octanol–water partition coefficient (Wildman–Crippen LogP) is 0.323. The Bertz CT molecular complexity index is 390. The Kier molecular flexibility index (Phi) is 8.91. The first-order valence-electron chi connectivity index (χ1n) is 9.32. The Morgan fingerprint density at radius 2 is 1.83 bits per heavy atom. The van der Waals surface area contributed by atoms with Gasteiger partial charge in [-0.3, -0.25) is 14.7 Å². The zero-order valence-corrected chi connectivity index (χ0v) is 15.0. The highest BCUT2D eigenvalue weighted by atomic mass is 16.5. The molecule has 7 heteroatoms. The Balaban J connectivity index is 1.53. The van der Waals surface area contributed by atoms with E-state index in [4.69, 9.17) is 4.74 Å². The van der Waals surface area contributed by atoms with Gasteiger partial charge in [-0.15, -0.1) is 0 Å². The molecule has 1 aliphatic heterocycles. The highest BCUT2D eigenvalue weighted by molar-refractivity contribution is 5.81. The Hall–Kier alpha value is -1.34. The first-order chi connectivity index (χ1) is 11.8. The molecular weight excluding hydrogens is 306 g/mol. The third-order valence-electron chi connectivity index (χ3n) is 4.66. The van der Waals surface area contributed by atoms with Crippen molar-refractivity contribution in [3.05, 3.63) is 0 Å². The van der Waals surface area contributed by atoms with E-state index in [2.05, 4.69) is 25.8 Å². The standard InChI is InChI=1S/C17H33N5O2/c1-18-17(20-9-10-22-11-13-24-14-12-22)19-8-7-16(23)21-15-5-3-2-4-6-15/h15H,2-14H2,1H3,(H,21,23)(H2,18,19,20). The summed E-state index contributed by atoms with van der Waals surface area (Å²) in [6.07, 6.45) is 6.53. The van der Waals surface area contributed by atoms with Crippen molar-refractivity contribution in [2.24, 2.45) is 4.99 Å². The summed E-state index contributed by atoms with van der Waals surface area (Å²) in [5.41, 5.74) is 0. The Morgan fingerprint density at radius 3 is 2.54 bits per heavy atom. The number of carbonyl (C=O) groups excluding carboxylic acids is 1. The first kappa shape index (κ1) is 19.0. The van der Waals surface area contributed by atoms with E-state index in [1.54, 1.807) is 7.05 Å². The van der Waals surface area contributed by atoms with Crippen LogP contribution in [0, 0.1) is 0 Å². The van der Waals surface area contributed by atoms with Gasteiger partial charge in [0, 0.05) is 52.2 Å². The lowest BCUT2D eigenvalue weighted by Crippen LogP contribution is -2.45. The summed E-state index contributed by atoms with van der Waals surface area (Å²) in [6.45, 7) is 6.06. The first-order valence-corrected chi connectivity index (χ1v) is 9.32. The van der Waals surface area contributed by atoms with Gasteiger partial charge >= 0.3 is 0 Å². The van der Waals surface area contributed by atoms with E-state index >= 15 is 0 Å². The van der Waals surface area contributed by atoms with E-state index in [0.717, 1.165) is 58.2 Å². The molecule has 24 heavy (non-hydrogen) atoms. The van der Waals surface area contributed by atoms with Crippen LogP contribution in [0.4, 0.5) is 0 Å². The van der Waals surface area contributed by atoms with Crippen molar-refractivity contribution < 1.29 is 9.53 Å². The van der Waals surface area contributed by atoms with E-state index in [1.165, 1.54) is 19.3 Å². The minimum absolute atomic E-state index is 0.137. The maximum atomic E-state index is 12.0. The third kappa shape index (κ3) is 7.49. The molecule has 2 fully saturated rings. The Morgan fingerprint density at radius 1 is 1.12 bits per heavy atom. The molecule has 0 aromatic carbocycles. The van der Waals surface area contributed by atoms with Crippen LogP contribution in [0.3, 0.4) is 0 Å². The smallest absolute Gasteiger partial charge is 0.221 e. The molecule has 0 unspecified atom stereocenters. The number of nitrogens with one attached hydrogen (secondary N) is 3. The summed E-state index contributed by atoms with van der Waals surface area (Å²) >= 11 is 0. The molecule has 0 bridgehead atoms. The maximum absolute atomic E-state index is 12.0. The zero-order chi connectivity index (χ0) is 17.0. The van der Waals surface area contributed by atoms with E-state index in [0.29, 0.717) is 19.0 Å². The molecule has 3 N–H and O–H groups in total. The van der Waals surface area contributed by atoms with Crippen LogP contribution >= 0.6 is 0 Å². The van der Waals surface area contributed by atoms with Crippen molar-refractivity contribution in [1.82, 2.24) is 20.9 Å².